The van der Waals surface area contributed by atoms with Crippen LogP contribution < -0.4 is 4.90 Å². The number of anilines is 1. The van der Waals surface area contributed by atoms with Crippen molar-refractivity contribution >= 4 is 17.1 Å². The topological polar surface area (TPSA) is 6.25 Å². The second kappa shape index (κ2) is 11.5. The van der Waals surface area contributed by atoms with E-state index >= 15 is 0 Å². The molecule has 0 fully saturated rings. The standard InChI is InChI=1S/C35H43F6N2/c1-22(2)16-18-42-28-14-12-24(34(36,37)38)20-26(28)32(5,6)30(42)10-9-11-31-33(7,8)27-21-25(35(39,40)41)13-15-29(27)43(31)19-17-23(3)4/h9-15,20-23H,16-19H2,1-8H3/q+1. The molecular formula is C35H43F6N2+. The predicted molar refractivity (Wildman–Crippen MR) is 162 cm³/mol. The van der Waals surface area contributed by atoms with Crippen LogP contribution in [0, 0.1) is 11.8 Å². The first-order chi connectivity index (χ1) is 19.8. The van der Waals surface area contributed by atoms with E-state index in [4.69, 9.17) is 0 Å². The molecule has 2 nitrogen and oxygen atoms in total. The summed E-state index contributed by atoms with van der Waals surface area (Å²) >= 11 is 0. The van der Waals surface area contributed by atoms with Crippen molar-refractivity contribution in [2.45, 2.75) is 91.4 Å². The van der Waals surface area contributed by atoms with E-state index in [0.29, 0.717) is 36.1 Å². The Morgan fingerprint density at radius 1 is 0.767 bits per heavy atom. The van der Waals surface area contributed by atoms with E-state index in [1.165, 1.54) is 12.1 Å². The normalized spacial score (nSPS) is 19.0. The second-order valence-electron chi connectivity index (χ2n) is 13.7. The van der Waals surface area contributed by atoms with Gasteiger partial charge in [-0.3, -0.25) is 0 Å². The average Bonchev–Trinajstić information content (AvgIpc) is 3.23. The summed E-state index contributed by atoms with van der Waals surface area (Å²) in [6, 6.07) is 7.96. The molecule has 43 heavy (non-hydrogen) atoms. The highest BCUT2D eigenvalue weighted by atomic mass is 19.4. The van der Waals surface area contributed by atoms with Crippen molar-refractivity contribution < 1.29 is 30.9 Å². The quantitative estimate of drug-likeness (QED) is 0.214. The van der Waals surface area contributed by atoms with Crippen molar-refractivity contribution in [2.24, 2.45) is 11.8 Å². The molecule has 2 aliphatic heterocycles. The molecule has 0 aromatic heterocycles. The van der Waals surface area contributed by atoms with Gasteiger partial charge in [-0.25, -0.2) is 0 Å². The lowest BCUT2D eigenvalue weighted by atomic mass is 9.80. The summed E-state index contributed by atoms with van der Waals surface area (Å²) in [5, 5.41) is 0. The van der Waals surface area contributed by atoms with Crippen LogP contribution in [-0.4, -0.2) is 23.4 Å². The minimum absolute atomic E-state index is 0.405. The number of hydrogen-bond donors (Lipinski definition) is 0. The molecule has 0 saturated carbocycles. The minimum atomic E-state index is -4.44. The minimum Gasteiger partial charge on any atom is -0.344 e. The Morgan fingerprint density at radius 2 is 1.33 bits per heavy atom. The molecule has 234 valence electrons. The van der Waals surface area contributed by atoms with Gasteiger partial charge < -0.3 is 4.90 Å². The van der Waals surface area contributed by atoms with Crippen LogP contribution in [0.25, 0.3) is 0 Å². The first kappa shape index (κ1) is 32.9. The molecule has 2 aromatic carbocycles. The zero-order chi connectivity index (χ0) is 32.1. The Bertz CT molecular complexity index is 1450. The molecule has 2 aliphatic rings. The lowest BCUT2D eigenvalue weighted by Gasteiger charge is -2.27. The molecule has 0 amide bonds. The van der Waals surface area contributed by atoms with Gasteiger partial charge in [0.25, 0.3) is 0 Å². The molecule has 0 bridgehead atoms. The summed E-state index contributed by atoms with van der Waals surface area (Å²) in [4.78, 5) is 2.12. The third-order valence-electron chi connectivity index (χ3n) is 8.81. The van der Waals surface area contributed by atoms with Gasteiger partial charge >= 0.3 is 12.4 Å². The fraction of sp³-hybridized carbons (Fsp3) is 0.514. The Labute approximate surface area is 251 Å². The van der Waals surface area contributed by atoms with Gasteiger partial charge in [0.15, 0.2) is 5.71 Å². The molecular weight excluding hydrogens is 562 g/mol. The van der Waals surface area contributed by atoms with Gasteiger partial charge in [0, 0.05) is 47.5 Å². The van der Waals surface area contributed by atoms with E-state index < -0.39 is 34.3 Å². The number of rotatable bonds is 8. The fourth-order valence-corrected chi connectivity index (χ4v) is 6.19. The highest BCUT2D eigenvalue weighted by Gasteiger charge is 2.46. The zero-order valence-corrected chi connectivity index (χ0v) is 26.3. The third-order valence-corrected chi connectivity index (χ3v) is 8.81. The van der Waals surface area contributed by atoms with Crippen molar-refractivity contribution in [3.63, 3.8) is 0 Å². The van der Waals surface area contributed by atoms with Gasteiger partial charge in [-0.05, 0) is 74.1 Å². The summed E-state index contributed by atoms with van der Waals surface area (Å²) in [5.74, 6) is 0.811. The third kappa shape index (κ3) is 6.44. The summed E-state index contributed by atoms with van der Waals surface area (Å²) in [5.41, 5.74) is 1.89. The van der Waals surface area contributed by atoms with Gasteiger partial charge in [-0.2, -0.15) is 30.9 Å². The first-order valence-electron chi connectivity index (χ1n) is 15.0. The van der Waals surface area contributed by atoms with E-state index in [1.807, 2.05) is 45.9 Å². The summed E-state index contributed by atoms with van der Waals surface area (Å²) < 4.78 is 84.0. The van der Waals surface area contributed by atoms with Crippen LogP contribution in [0.5, 0.6) is 0 Å². The van der Waals surface area contributed by atoms with E-state index in [0.717, 1.165) is 47.8 Å². The van der Waals surface area contributed by atoms with Crippen LogP contribution in [0.15, 0.2) is 60.3 Å². The van der Waals surface area contributed by atoms with Crippen molar-refractivity contribution in [1.82, 2.24) is 0 Å². The van der Waals surface area contributed by atoms with Crippen molar-refractivity contribution in [1.29, 1.82) is 0 Å². The van der Waals surface area contributed by atoms with E-state index in [9.17, 15) is 26.3 Å². The molecule has 0 unspecified atom stereocenters. The molecule has 4 rings (SSSR count). The smallest absolute Gasteiger partial charge is 0.344 e. The summed E-state index contributed by atoms with van der Waals surface area (Å²) in [6.07, 6.45) is -1.32. The highest BCUT2D eigenvalue weighted by molar-refractivity contribution is 6.03. The Morgan fingerprint density at radius 3 is 1.88 bits per heavy atom. The Balaban J connectivity index is 1.80. The Hall–Kier alpha value is -3.03. The number of benzene rings is 2. The van der Waals surface area contributed by atoms with Crippen LogP contribution in [-0.2, 0) is 23.2 Å². The fourth-order valence-electron chi connectivity index (χ4n) is 6.19. The highest BCUT2D eigenvalue weighted by Crippen LogP contribution is 2.50. The van der Waals surface area contributed by atoms with Crippen LogP contribution in [0.3, 0.4) is 0 Å². The van der Waals surface area contributed by atoms with Crippen molar-refractivity contribution in [3.05, 3.63) is 82.6 Å². The lowest BCUT2D eigenvalue weighted by molar-refractivity contribution is -0.439. The number of alkyl halides is 6. The van der Waals surface area contributed by atoms with Crippen LogP contribution in [0.1, 0.15) is 90.5 Å². The van der Waals surface area contributed by atoms with E-state index in [-0.39, 0.29) is 0 Å². The average molecular weight is 606 g/mol. The van der Waals surface area contributed by atoms with E-state index in [1.54, 1.807) is 12.1 Å². The molecule has 2 heterocycles. The van der Waals surface area contributed by atoms with Gasteiger partial charge in [0.1, 0.15) is 6.54 Å². The molecule has 0 spiro atoms. The molecule has 2 aromatic rings. The van der Waals surface area contributed by atoms with Crippen molar-refractivity contribution in [3.8, 4) is 0 Å². The first-order valence-corrected chi connectivity index (χ1v) is 15.0. The zero-order valence-electron chi connectivity index (χ0n) is 26.3. The SMILES string of the molecule is CC(C)CCN1/C(=C\C=C\C2=[N+](CCC(C)C)c3ccc(C(F)(F)F)cc3C2(C)C)C(C)(C)c2cc(C(F)(F)F)ccc21. The maximum absolute atomic E-state index is 13.6. The van der Waals surface area contributed by atoms with Crippen LogP contribution >= 0.6 is 0 Å². The number of allylic oxidation sites excluding steroid dienone is 4. The molecule has 0 N–H and O–H groups in total. The number of hydrogen-bond acceptors (Lipinski definition) is 1. The van der Waals surface area contributed by atoms with Gasteiger partial charge in [0.2, 0.25) is 5.69 Å². The van der Waals surface area contributed by atoms with Crippen molar-refractivity contribution in [2.75, 3.05) is 18.0 Å². The molecule has 0 radical (unpaired) electrons. The van der Waals surface area contributed by atoms with Gasteiger partial charge in [-0.15, -0.1) is 0 Å². The van der Waals surface area contributed by atoms with E-state index in [2.05, 4.69) is 37.2 Å². The van der Waals surface area contributed by atoms with Gasteiger partial charge in [-0.1, -0.05) is 47.6 Å². The lowest BCUT2D eigenvalue weighted by Crippen LogP contribution is -2.29. The van der Waals surface area contributed by atoms with Crippen LogP contribution in [0.4, 0.5) is 37.7 Å². The monoisotopic (exact) mass is 605 g/mol. The molecule has 0 saturated heterocycles. The molecule has 8 heteroatoms. The summed E-state index contributed by atoms with van der Waals surface area (Å²) in [6.45, 7) is 17.5. The molecule has 0 aliphatic carbocycles. The predicted octanol–water partition coefficient (Wildman–Crippen LogP) is 10.4. The summed E-state index contributed by atoms with van der Waals surface area (Å²) in [7, 11) is 0. The van der Waals surface area contributed by atoms with Crippen LogP contribution in [0.2, 0.25) is 0 Å². The maximum Gasteiger partial charge on any atom is 0.416 e. The number of halogens is 6. The largest absolute Gasteiger partial charge is 0.416 e. The number of fused-ring (bicyclic) bond motifs is 2. The second-order valence-corrected chi connectivity index (χ2v) is 13.7. The van der Waals surface area contributed by atoms with Gasteiger partial charge in [0.05, 0.1) is 16.5 Å². The number of nitrogens with zero attached hydrogens (tertiary/aromatic N) is 2. The Kier molecular flexibility index (Phi) is 8.77. The maximum atomic E-state index is 13.6. The molecule has 0 atom stereocenters.